The lowest BCUT2D eigenvalue weighted by Crippen LogP contribution is -2.09. The number of carbonyl (C=O) groups excluding carboxylic acids is 1. The Hall–Kier alpha value is -1.61. The van der Waals surface area contributed by atoms with E-state index < -0.39 is 12.3 Å². The fraction of sp³-hybridized carbons (Fsp3) is 0.182. The number of benzene rings is 1. The maximum absolute atomic E-state index is 11.1. The van der Waals surface area contributed by atoms with Gasteiger partial charge in [0.2, 0.25) is 6.29 Å². The molecule has 0 aromatic heterocycles. The van der Waals surface area contributed by atoms with Crippen molar-refractivity contribution in [1.29, 1.82) is 0 Å². The molecule has 0 aliphatic carbocycles. The van der Waals surface area contributed by atoms with Crippen LogP contribution in [0.15, 0.2) is 35.9 Å². The van der Waals surface area contributed by atoms with E-state index in [1.165, 1.54) is 0 Å². The van der Waals surface area contributed by atoms with Crippen LogP contribution in [0.4, 0.5) is 0 Å². The molecule has 0 amide bonds. The van der Waals surface area contributed by atoms with E-state index in [9.17, 15) is 9.90 Å². The van der Waals surface area contributed by atoms with Crippen LogP contribution in [0.1, 0.15) is 12.5 Å². The minimum absolute atomic E-state index is 0.448. The summed E-state index contributed by atoms with van der Waals surface area (Å²) in [6, 6.07) is 9.26. The number of aliphatic hydroxyl groups is 1. The summed E-state index contributed by atoms with van der Waals surface area (Å²) in [5.74, 6) is -0.448. The maximum atomic E-state index is 11.1. The molecule has 0 bridgehead atoms. The van der Waals surface area contributed by atoms with Crippen molar-refractivity contribution in [2.75, 3.05) is 0 Å². The molecule has 1 heterocycles. The van der Waals surface area contributed by atoms with E-state index >= 15 is 0 Å². The molecule has 2 rings (SSSR count). The van der Waals surface area contributed by atoms with E-state index in [4.69, 9.17) is 0 Å². The molecule has 14 heavy (non-hydrogen) atoms. The fourth-order valence-electron chi connectivity index (χ4n) is 1.52. The number of rotatable bonds is 1. The van der Waals surface area contributed by atoms with Crippen molar-refractivity contribution in [2.24, 2.45) is 0 Å². The highest BCUT2D eigenvalue weighted by Crippen LogP contribution is 2.29. The van der Waals surface area contributed by atoms with Gasteiger partial charge in [-0.05, 0) is 12.5 Å². The molecule has 72 valence electrons. The molecule has 0 spiro atoms. The molecule has 0 saturated carbocycles. The van der Waals surface area contributed by atoms with Crippen molar-refractivity contribution >= 4 is 11.5 Å². The normalized spacial score (nSPS) is 21.3. The van der Waals surface area contributed by atoms with Gasteiger partial charge in [0.1, 0.15) is 0 Å². The summed E-state index contributed by atoms with van der Waals surface area (Å²) in [5.41, 5.74) is 1.86. The van der Waals surface area contributed by atoms with Crippen LogP contribution in [0, 0.1) is 0 Å². The highest BCUT2D eigenvalue weighted by Gasteiger charge is 2.30. The molecule has 0 radical (unpaired) electrons. The van der Waals surface area contributed by atoms with E-state index in [0.717, 1.165) is 5.56 Å². The molecule has 1 aliphatic rings. The van der Waals surface area contributed by atoms with Crippen LogP contribution in [0.3, 0.4) is 0 Å². The molecule has 1 aliphatic heterocycles. The first-order chi connectivity index (χ1) is 6.70. The molecule has 1 aromatic rings. The third-order valence-corrected chi connectivity index (χ3v) is 2.26. The molecule has 0 saturated heterocycles. The zero-order chi connectivity index (χ0) is 10.1. The third kappa shape index (κ3) is 1.32. The Morgan fingerprint density at radius 2 is 1.93 bits per heavy atom. The van der Waals surface area contributed by atoms with Gasteiger partial charge in [-0.3, -0.25) is 0 Å². The summed E-state index contributed by atoms with van der Waals surface area (Å²) < 4.78 is 4.68. The second-order valence-corrected chi connectivity index (χ2v) is 3.16. The third-order valence-electron chi connectivity index (χ3n) is 2.26. The number of hydrogen-bond acceptors (Lipinski definition) is 3. The van der Waals surface area contributed by atoms with Gasteiger partial charge in [-0.25, -0.2) is 4.79 Å². The lowest BCUT2D eigenvalue weighted by Gasteiger charge is -2.06. The predicted molar refractivity (Wildman–Crippen MR) is 51.1 cm³/mol. The second kappa shape index (κ2) is 3.27. The summed E-state index contributed by atoms with van der Waals surface area (Å²) in [6.07, 6.45) is -1.12. The number of hydrogen-bond donors (Lipinski definition) is 1. The monoisotopic (exact) mass is 190 g/mol. The quantitative estimate of drug-likeness (QED) is 0.679. The Balaban J connectivity index is 2.49. The van der Waals surface area contributed by atoms with Crippen molar-refractivity contribution in [2.45, 2.75) is 13.2 Å². The molecule has 1 N–H and O–H groups in total. The van der Waals surface area contributed by atoms with Gasteiger partial charge < -0.3 is 9.84 Å². The van der Waals surface area contributed by atoms with Crippen molar-refractivity contribution < 1.29 is 14.6 Å². The Bertz CT molecular complexity index is 392. The average Bonchev–Trinajstić information content (AvgIpc) is 2.43. The van der Waals surface area contributed by atoms with Crippen LogP contribution in [-0.4, -0.2) is 17.4 Å². The molecule has 1 atom stereocenters. The molecule has 3 nitrogen and oxygen atoms in total. The minimum Gasteiger partial charge on any atom is -0.428 e. The summed E-state index contributed by atoms with van der Waals surface area (Å²) >= 11 is 0. The summed E-state index contributed by atoms with van der Waals surface area (Å²) in [7, 11) is 0. The van der Waals surface area contributed by atoms with E-state index in [1.807, 2.05) is 30.3 Å². The Kier molecular flexibility index (Phi) is 2.09. The molecule has 0 fully saturated rings. The van der Waals surface area contributed by atoms with Gasteiger partial charge in [0.05, 0.1) is 0 Å². The fourth-order valence-corrected chi connectivity index (χ4v) is 1.52. The van der Waals surface area contributed by atoms with Crippen molar-refractivity contribution in [1.82, 2.24) is 0 Å². The van der Waals surface area contributed by atoms with Crippen LogP contribution < -0.4 is 0 Å². The van der Waals surface area contributed by atoms with Gasteiger partial charge >= 0.3 is 5.97 Å². The van der Waals surface area contributed by atoms with Gasteiger partial charge in [0, 0.05) is 11.1 Å². The Morgan fingerprint density at radius 1 is 1.29 bits per heavy atom. The summed E-state index contributed by atoms with van der Waals surface area (Å²) in [5, 5.41) is 9.48. The molecular formula is C11H10O3. The number of carbonyl (C=O) groups is 1. The predicted octanol–water partition coefficient (Wildman–Crippen LogP) is 1.34. The van der Waals surface area contributed by atoms with Crippen LogP contribution in [0.5, 0.6) is 0 Å². The first kappa shape index (κ1) is 8.97. The number of ether oxygens (including phenoxy) is 1. The maximum Gasteiger partial charge on any atom is 0.336 e. The van der Waals surface area contributed by atoms with Crippen LogP contribution in [0.2, 0.25) is 0 Å². The second-order valence-electron chi connectivity index (χ2n) is 3.16. The summed E-state index contributed by atoms with van der Waals surface area (Å²) in [6.45, 7) is 1.65. The van der Waals surface area contributed by atoms with E-state index in [-0.39, 0.29) is 0 Å². The molecule has 3 heteroatoms. The lowest BCUT2D eigenvalue weighted by molar-refractivity contribution is -0.150. The highest BCUT2D eigenvalue weighted by atomic mass is 16.6. The first-order valence-corrected chi connectivity index (χ1v) is 4.35. The van der Waals surface area contributed by atoms with Crippen molar-refractivity contribution in [3.8, 4) is 0 Å². The number of aliphatic hydroxyl groups excluding tert-OH is 1. The van der Waals surface area contributed by atoms with Gasteiger partial charge in [-0.2, -0.15) is 0 Å². The molecular weight excluding hydrogens is 180 g/mol. The first-order valence-electron chi connectivity index (χ1n) is 4.35. The minimum atomic E-state index is -1.12. The van der Waals surface area contributed by atoms with Gasteiger partial charge in [-0.1, -0.05) is 30.3 Å². The Labute approximate surface area is 81.6 Å². The topological polar surface area (TPSA) is 46.5 Å². The van der Waals surface area contributed by atoms with Gasteiger partial charge in [-0.15, -0.1) is 0 Å². The number of esters is 1. The summed E-state index contributed by atoms with van der Waals surface area (Å²) in [4.78, 5) is 11.1. The van der Waals surface area contributed by atoms with Crippen LogP contribution in [-0.2, 0) is 9.53 Å². The average molecular weight is 190 g/mol. The van der Waals surface area contributed by atoms with Gasteiger partial charge in [0.15, 0.2) is 0 Å². The van der Waals surface area contributed by atoms with Crippen molar-refractivity contribution in [3.05, 3.63) is 41.5 Å². The zero-order valence-electron chi connectivity index (χ0n) is 7.73. The SMILES string of the molecule is CC1=C(c2ccccc2)C(O)OC1=O. The van der Waals surface area contributed by atoms with E-state index in [1.54, 1.807) is 6.92 Å². The highest BCUT2D eigenvalue weighted by molar-refractivity contribution is 6.01. The van der Waals surface area contributed by atoms with Gasteiger partial charge in [0.25, 0.3) is 0 Å². The van der Waals surface area contributed by atoms with Crippen molar-refractivity contribution in [3.63, 3.8) is 0 Å². The standard InChI is InChI=1S/C11H10O3/c1-7-9(11(13)14-10(7)12)8-5-3-2-4-6-8/h2-6,11,13H,1H3. The number of cyclic esters (lactones) is 1. The molecule has 1 unspecified atom stereocenters. The zero-order valence-corrected chi connectivity index (χ0v) is 7.73. The molecule has 1 aromatic carbocycles. The smallest absolute Gasteiger partial charge is 0.336 e. The van der Waals surface area contributed by atoms with E-state index in [0.29, 0.717) is 11.1 Å². The largest absolute Gasteiger partial charge is 0.428 e. The Morgan fingerprint density at radius 3 is 2.43 bits per heavy atom. The lowest BCUT2D eigenvalue weighted by atomic mass is 10.0. The van der Waals surface area contributed by atoms with Crippen LogP contribution >= 0.6 is 0 Å². The van der Waals surface area contributed by atoms with E-state index in [2.05, 4.69) is 4.74 Å². The van der Waals surface area contributed by atoms with Crippen LogP contribution in [0.25, 0.3) is 5.57 Å².